The lowest BCUT2D eigenvalue weighted by Gasteiger charge is -2.10. The van der Waals surface area contributed by atoms with Crippen molar-refractivity contribution in [3.05, 3.63) is 72.8 Å². The fraction of sp³-hybridized carbons (Fsp3) is 0.0556. The van der Waals surface area contributed by atoms with Crippen LogP contribution in [0.15, 0.2) is 72.0 Å². The molecule has 0 amide bonds. The number of aryl methyl sites for hydroxylation is 1. The zero-order valence-corrected chi connectivity index (χ0v) is 14.7. The molecule has 0 radical (unpaired) electrons. The first-order valence-corrected chi connectivity index (χ1v) is 9.36. The van der Waals surface area contributed by atoms with Crippen LogP contribution in [0.5, 0.6) is 0 Å². The van der Waals surface area contributed by atoms with Gasteiger partial charge in [-0.2, -0.15) is 9.61 Å². The maximum atomic E-state index is 12.7. The second-order valence-electron chi connectivity index (χ2n) is 5.75. The van der Waals surface area contributed by atoms with Crippen LogP contribution >= 0.6 is 0 Å². The molecule has 0 aliphatic rings. The average molecular weight is 365 g/mol. The molecule has 1 aromatic carbocycles. The van der Waals surface area contributed by atoms with Crippen molar-refractivity contribution in [1.82, 2.24) is 19.6 Å². The topological polar surface area (TPSA) is 89.2 Å². The highest BCUT2D eigenvalue weighted by molar-refractivity contribution is 7.92. The van der Waals surface area contributed by atoms with Gasteiger partial charge >= 0.3 is 0 Å². The van der Waals surface area contributed by atoms with Gasteiger partial charge in [-0.1, -0.05) is 12.1 Å². The van der Waals surface area contributed by atoms with Crippen molar-refractivity contribution in [1.29, 1.82) is 0 Å². The van der Waals surface area contributed by atoms with Crippen molar-refractivity contribution < 1.29 is 8.42 Å². The summed E-state index contributed by atoms with van der Waals surface area (Å²) in [6.45, 7) is 1.82. The fourth-order valence-corrected chi connectivity index (χ4v) is 3.70. The van der Waals surface area contributed by atoms with E-state index in [1.807, 2.05) is 19.1 Å². The summed E-state index contributed by atoms with van der Waals surface area (Å²) in [5.74, 6) is 0.335. The van der Waals surface area contributed by atoms with Gasteiger partial charge in [-0.05, 0) is 48.4 Å². The molecule has 0 unspecified atom stereocenters. The van der Waals surface area contributed by atoms with Gasteiger partial charge in [0.2, 0.25) is 0 Å². The van der Waals surface area contributed by atoms with Crippen LogP contribution < -0.4 is 4.72 Å². The molecule has 0 bridgehead atoms. The Morgan fingerprint density at radius 2 is 1.62 bits per heavy atom. The Balaban J connectivity index is 1.66. The molecule has 0 fully saturated rings. The smallest absolute Gasteiger partial charge is 0.263 e. The van der Waals surface area contributed by atoms with E-state index in [1.54, 1.807) is 55.0 Å². The summed E-state index contributed by atoms with van der Waals surface area (Å²) in [6, 6.07) is 13.8. The van der Waals surface area contributed by atoms with E-state index in [9.17, 15) is 8.42 Å². The lowest BCUT2D eigenvalue weighted by Crippen LogP contribution is -2.15. The normalized spacial score (nSPS) is 11.6. The maximum Gasteiger partial charge on any atom is 0.263 e. The zero-order valence-electron chi connectivity index (χ0n) is 13.9. The van der Waals surface area contributed by atoms with Crippen LogP contribution in [0.25, 0.3) is 16.8 Å². The number of nitrogens with zero attached hydrogens (tertiary/aromatic N) is 4. The van der Waals surface area contributed by atoms with Crippen LogP contribution in [0.1, 0.15) is 5.69 Å². The molecule has 26 heavy (non-hydrogen) atoms. The quantitative estimate of drug-likeness (QED) is 0.601. The van der Waals surface area contributed by atoms with E-state index in [4.69, 9.17) is 0 Å². The molecule has 0 atom stereocenters. The van der Waals surface area contributed by atoms with Gasteiger partial charge in [-0.25, -0.2) is 13.4 Å². The van der Waals surface area contributed by atoms with E-state index in [-0.39, 0.29) is 4.90 Å². The highest BCUT2D eigenvalue weighted by atomic mass is 32.2. The molecule has 4 rings (SSSR count). The Morgan fingerprint density at radius 3 is 2.35 bits per heavy atom. The largest absolute Gasteiger partial charge is 0.265 e. The van der Waals surface area contributed by atoms with Gasteiger partial charge in [-0.3, -0.25) is 9.71 Å². The van der Waals surface area contributed by atoms with E-state index >= 15 is 0 Å². The zero-order chi connectivity index (χ0) is 18.1. The van der Waals surface area contributed by atoms with Crippen molar-refractivity contribution >= 4 is 21.5 Å². The van der Waals surface area contributed by atoms with Crippen molar-refractivity contribution in [2.24, 2.45) is 0 Å². The van der Waals surface area contributed by atoms with Crippen LogP contribution in [0.4, 0.5) is 5.82 Å². The molecular formula is C18H15N5O2S. The third-order valence-corrected chi connectivity index (χ3v) is 5.27. The minimum atomic E-state index is -3.75. The number of fused-ring (bicyclic) bond motifs is 1. The summed E-state index contributed by atoms with van der Waals surface area (Å²) < 4.78 is 29.5. The number of hydrogen-bond acceptors (Lipinski definition) is 5. The first-order valence-electron chi connectivity index (χ1n) is 7.88. The fourth-order valence-electron chi connectivity index (χ4n) is 2.65. The van der Waals surface area contributed by atoms with Gasteiger partial charge in [0.25, 0.3) is 10.0 Å². The minimum absolute atomic E-state index is 0.171. The number of sulfonamides is 1. The number of hydrogen-bond donors (Lipinski definition) is 1. The SMILES string of the molecule is Cc1cc2nccc(NS(=O)(=O)c3ccc(-c4ccncc4)cc3)n2n1. The molecule has 130 valence electrons. The van der Waals surface area contributed by atoms with Gasteiger partial charge in [-0.15, -0.1) is 0 Å². The lowest BCUT2D eigenvalue weighted by atomic mass is 10.1. The Bertz CT molecular complexity index is 1170. The first kappa shape index (κ1) is 16.2. The van der Waals surface area contributed by atoms with Crippen molar-refractivity contribution in [3.8, 4) is 11.1 Å². The number of pyridine rings is 1. The number of nitrogens with one attached hydrogen (secondary N) is 1. The highest BCUT2D eigenvalue weighted by Gasteiger charge is 2.16. The second kappa shape index (κ2) is 6.23. The van der Waals surface area contributed by atoms with Crippen molar-refractivity contribution in [2.75, 3.05) is 4.72 Å². The van der Waals surface area contributed by atoms with Crippen LogP contribution in [0.2, 0.25) is 0 Å². The number of anilines is 1. The van der Waals surface area contributed by atoms with E-state index in [2.05, 4.69) is 19.8 Å². The molecule has 0 aliphatic heterocycles. The molecule has 4 aromatic rings. The van der Waals surface area contributed by atoms with Crippen molar-refractivity contribution in [2.45, 2.75) is 11.8 Å². The number of rotatable bonds is 4. The Hall–Kier alpha value is -3.26. The minimum Gasteiger partial charge on any atom is -0.265 e. The molecule has 3 heterocycles. The molecule has 0 saturated heterocycles. The summed E-state index contributed by atoms with van der Waals surface area (Å²) >= 11 is 0. The number of aromatic nitrogens is 4. The summed E-state index contributed by atoms with van der Waals surface area (Å²) in [5.41, 5.74) is 3.22. The third kappa shape index (κ3) is 3.02. The van der Waals surface area contributed by atoms with E-state index in [1.165, 1.54) is 4.52 Å². The molecule has 0 saturated carbocycles. The average Bonchev–Trinajstić information content (AvgIpc) is 3.04. The van der Waals surface area contributed by atoms with Crippen LogP contribution in [-0.2, 0) is 10.0 Å². The van der Waals surface area contributed by atoms with Gasteiger partial charge in [0, 0.05) is 24.7 Å². The Morgan fingerprint density at radius 1 is 0.923 bits per heavy atom. The van der Waals surface area contributed by atoms with Crippen LogP contribution in [0.3, 0.4) is 0 Å². The molecule has 0 spiro atoms. The van der Waals surface area contributed by atoms with Gasteiger partial charge in [0.15, 0.2) is 5.65 Å². The molecular weight excluding hydrogens is 350 g/mol. The molecule has 8 heteroatoms. The van der Waals surface area contributed by atoms with Gasteiger partial charge in [0.1, 0.15) is 5.82 Å². The highest BCUT2D eigenvalue weighted by Crippen LogP contribution is 2.22. The predicted molar refractivity (Wildman–Crippen MR) is 98.2 cm³/mol. The summed E-state index contributed by atoms with van der Waals surface area (Å²) in [5, 5.41) is 4.27. The third-order valence-electron chi connectivity index (χ3n) is 3.90. The predicted octanol–water partition coefficient (Wildman–Crippen LogP) is 2.90. The number of benzene rings is 1. The molecule has 1 N–H and O–H groups in total. The summed E-state index contributed by atoms with van der Waals surface area (Å²) in [7, 11) is -3.75. The monoisotopic (exact) mass is 365 g/mol. The molecule has 7 nitrogen and oxygen atoms in total. The van der Waals surface area contributed by atoms with Gasteiger partial charge in [0.05, 0.1) is 10.6 Å². The summed E-state index contributed by atoms with van der Waals surface area (Å²) in [4.78, 5) is 8.32. The second-order valence-corrected chi connectivity index (χ2v) is 7.43. The van der Waals surface area contributed by atoms with E-state index < -0.39 is 10.0 Å². The maximum absolute atomic E-state index is 12.7. The van der Waals surface area contributed by atoms with E-state index in [0.717, 1.165) is 16.8 Å². The van der Waals surface area contributed by atoms with Crippen LogP contribution in [0, 0.1) is 6.92 Å². The Kier molecular flexibility index (Phi) is 3.89. The Labute approximate surface area is 150 Å². The standard InChI is InChI=1S/C18H15N5O2S/c1-13-12-18-20-11-8-17(23(18)21-13)22-26(24,25)16-4-2-14(3-5-16)15-6-9-19-10-7-15/h2-12,22H,1H3. The molecule has 3 aromatic heterocycles. The van der Waals surface area contributed by atoms with Crippen molar-refractivity contribution in [3.63, 3.8) is 0 Å². The van der Waals surface area contributed by atoms with Gasteiger partial charge < -0.3 is 0 Å². The molecule has 0 aliphatic carbocycles. The lowest BCUT2D eigenvalue weighted by molar-refractivity contribution is 0.600. The first-order chi connectivity index (χ1) is 12.5. The summed E-state index contributed by atoms with van der Waals surface area (Å²) in [6.07, 6.45) is 4.94. The van der Waals surface area contributed by atoms with Crippen LogP contribution in [-0.4, -0.2) is 28.0 Å². The van der Waals surface area contributed by atoms with E-state index in [0.29, 0.717) is 11.5 Å².